The first-order chi connectivity index (χ1) is 7.79. The third-order valence-electron chi connectivity index (χ3n) is 2.90. The molecule has 16 heavy (non-hydrogen) atoms. The molecule has 84 valence electrons. The summed E-state index contributed by atoms with van der Waals surface area (Å²) in [6.45, 7) is 3.04. The fourth-order valence-electron chi connectivity index (χ4n) is 1.90. The van der Waals surface area contributed by atoms with Crippen LogP contribution in [0.1, 0.15) is 17.5 Å². The van der Waals surface area contributed by atoms with Gasteiger partial charge in [-0.3, -0.25) is 0 Å². The van der Waals surface area contributed by atoms with Gasteiger partial charge < -0.3 is 5.32 Å². The van der Waals surface area contributed by atoms with Crippen molar-refractivity contribution < 1.29 is 0 Å². The molecule has 0 aliphatic carbocycles. The van der Waals surface area contributed by atoms with Crippen LogP contribution >= 0.6 is 11.8 Å². The van der Waals surface area contributed by atoms with Gasteiger partial charge in [0.25, 0.3) is 0 Å². The largest absolute Gasteiger partial charge is 0.384 e. The van der Waals surface area contributed by atoms with Gasteiger partial charge in [0.2, 0.25) is 0 Å². The Balaban J connectivity index is 2.02. The molecule has 1 heterocycles. The van der Waals surface area contributed by atoms with E-state index >= 15 is 0 Å². The van der Waals surface area contributed by atoms with Crippen molar-refractivity contribution in [1.82, 2.24) is 0 Å². The fourth-order valence-corrected chi connectivity index (χ4v) is 3.18. The maximum absolute atomic E-state index is 9.01. The Morgan fingerprint density at radius 2 is 2.44 bits per heavy atom. The maximum atomic E-state index is 9.01. The molecule has 3 heteroatoms. The third kappa shape index (κ3) is 2.70. The van der Waals surface area contributed by atoms with Crippen molar-refractivity contribution in [3.05, 3.63) is 29.3 Å². The average molecular weight is 232 g/mol. The fraction of sp³-hybridized carbons (Fsp3) is 0.462. The van der Waals surface area contributed by atoms with Crippen molar-refractivity contribution in [2.75, 3.05) is 23.4 Å². The first kappa shape index (κ1) is 11.3. The summed E-state index contributed by atoms with van der Waals surface area (Å²) < 4.78 is 0. The van der Waals surface area contributed by atoms with Crippen molar-refractivity contribution in [3.8, 4) is 6.07 Å². The predicted molar refractivity (Wildman–Crippen MR) is 69.8 cm³/mol. The molecular weight excluding hydrogens is 216 g/mol. The van der Waals surface area contributed by atoms with E-state index in [2.05, 4.69) is 24.4 Å². The quantitative estimate of drug-likeness (QED) is 0.870. The lowest BCUT2D eigenvalue weighted by Crippen LogP contribution is -2.14. The topological polar surface area (TPSA) is 35.8 Å². The van der Waals surface area contributed by atoms with Crippen LogP contribution in [0.2, 0.25) is 0 Å². The molecule has 0 radical (unpaired) electrons. The molecule has 1 fully saturated rings. The molecule has 1 N–H and O–H groups in total. The highest BCUT2D eigenvalue weighted by Gasteiger charge is 2.15. The average Bonchev–Trinajstić information content (AvgIpc) is 2.79. The zero-order valence-electron chi connectivity index (χ0n) is 9.49. The normalized spacial score (nSPS) is 19.4. The van der Waals surface area contributed by atoms with Crippen molar-refractivity contribution >= 4 is 17.4 Å². The number of thioether (sulfide) groups is 1. The number of nitrogens with zero attached hydrogens (tertiary/aromatic N) is 1. The molecule has 2 nitrogen and oxygen atoms in total. The molecule has 1 unspecified atom stereocenters. The molecule has 0 amide bonds. The highest BCUT2D eigenvalue weighted by atomic mass is 32.2. The van der Waals surface area contributed by atoms with E-state index in [1.165, 1.54) is 23.5 Å². The van der Waals surface area contributed by atoms with E-state index in [9.17, 15) is 0 Å². The molecule has 1 aromatic carbocycles. The number of hydrogen-bond acceptors (Lipinski definition) is 3. The number of benzene rings is 1. The molecule has 1 atom stereocenters. The predicted octanol–water partition coefficient (Wildman–Crippen LogP) is 3.03. The summed E-state index contributed by atoms with van der Waals surface area (Å²) in [6.07, 6.45) is 1.30. The van der Waals surface area contributed by atoms with Gasteiger partial charge in [-0.2, -0.15) is 17.0 Å². The molecule has 1 aromatic rings. The lowest BCUT2D eigenvalue weighted by atomic mass is 10.1. The van der Waals surface area contributed by atoms with Crippen LogP contribution in [0.15, 0.2) is 18.2 Å². The second-order valence-electron chi connectivity index (χ2n) is 4.27. The Morgan fingerprint density at radius 3 is 3.12 bits per heavy atom. The molecule has 0 saturated carbocycles. The molecule has 1 aliphatic heterocycles. The highest BCUT2D eigenvalue weighted by Crippen LogP contribution is 2.24. The van der Waals surface area contributed by atoms with Crippen LogP contribution in [-0.2, 0) is 0 Å². The second-order valence-corrected chi connectivity index (χ2v) is 5.42. The van der Waals surface area contributed by atoms with Gasteiger partial charge in [-0.1, -0.05) is 6.07 Å². The summed E-state index contributed by atoms with van der Waals surface area (Å²) in [6, 6.07) is 8.16. The van der Waals surface area contributed by atoms with Crippen LogP contribution in [-0.4, -0.2) is 18.1 Å². The minimum Gasteiger partial charge on any atom is -0.384 e. The van der Waals surface area contributed by atoms with Crippen molar-refractivity contribution in [2.24, 2.45) is 5.92 Å². The lowest BCUT2D eigenvalue weighted by molar-refractivity contribution is 0.632. The molecule has 0 bridgehead atoms. The Kier molecular flexibility index (Phi) is 3.74. The SMILES string of the molecule is Cc1ccc(C#N)c(NCC2CCSC2)c1. The summed E-state index contributed by atoms with van der Waals surface area (Å²) in [5.41, 5.74) is 2.93. The van der Waals surface area contributed by atoms with Gasteiger partial charge in [0.1, 0.15) is 6.07 Å². The number of rotatable bonds is 3. The van der Waals surface area contributed by atoms with Crippen LogP contribution in [0.4, 0.5) is 5.69 Å². The standard InChI is InChI=1S/C13H16N2S/c1-10-2-3-12(7-14)13(6-10)15-8-11-4-5-16-9-11/h2-3,6,11,15H,4-5,8-9H2,1H3. The van der Waals surface area contributed by atoms with E-state index in [0.29, 0.717) is 0 Å². The van der Waals surface area contributed by atoms with E-state index in [-0.39, 0.29) is 0 Å². The number of aryl methyl sites for hydroxylation is 1. The minimum atomic E-state index is 0.747. The zero-order chi connectivity index (χ0) is 11.4. The van der Waals surface area contributed by atoms with Crippen LogP contribution in [0.3, 0.4) is 0 Å². The molecule has 2 rings (SSSR count). The van der Waals surface area contributed by atoms with Crippen molar-refractivity contribution in [1.29, 1.82) is 5.26 Å². The van der Waals surface area contributed by atoms with Gasteiger partial charge in [0.15, 0.2) is 0 Å². The summed E-state index contributed by atoms with van der Waals surface area (Å²) in [5.74, 6) is 3.29. The minimum absolute atomic E-state index is 0.747. The van der Waals surface area contributed by atoms with Crippen LogP contribution in [0.25, 0.3) is 0 Å². The molecule has 1 saturated heterocycles. The number of anilines is 1. The van der Waals surface area contributed by atoms with E-state index in [1.54, 1.807) is 0 Å². The smallest absolute Gasteiger partial charge is 0.101 e. The van der Waals surface area contributed by atoms with Crippen LogP contribution in [0, 0.1) is 24.2 Å². The number of nitrogens with one attached hydrogen (secondary N) is 1. The zero-order valence-corrected chi connectivity index (χ0v) is 10.3. The first-order valence-electron chi connectivity index (χ1n) is 5.62. The number of nitriles is 1. The number of hydrogen-bond donors (Lipinski definition) is 1. The Bertz CT molecular complexity index is 403. The summed E-state index contributed by atoms with van der Waals surface area (Å²) in [5, 5.41) is 12.4. The van der Waals surface area contributed by atoms with E-state index < -0.39 is 0 Å². The third-order valence-corrected chi connectivity index (χ3v) is 4.13. The Labute approximate surface area is 101 Å². The summed E-state index contributed by atoms with van der Waals surface area (Å²) in [4.78, 5) is 0. The van der Waals surface area contributed by atoms with Gasteiger partial charge in [0.05, 0.1) is 11.3 Å². The van der Waals surface area contributed by atoms with Crippen LogP contribution in [0.5, 0.6) is 0 Å². The van der Waals surface area contributed by atoms with E-state index in [1.807, 2.05) is 23.9 Å². The monoisotopic (exact) mass is 232 g/mol. The summed E-state index contributed by atoms with van der Waals surface area (Å²) in [7, 11) is 0. The van der Waals surface area contributed by atoms with Crippen molar-refractivity contribution in [3.63, 3.8) is 0 Å². The first-order valence-corrected chi connectivity index (χ1v) is 6.77. The van der Waals surface area contributed by atoms with Gasteiger partial charge in [0, 0.05) is 6.54 Å². The van der Waals surface area contributed by atoms with Crippen LogP contribution < -0.4 is 5.32 Å². The summed E-state index contributed by atoms with van der Waals surface area (Å²) >= 11 is 2.03. The van der Waals surface area contributed by atoms with Gasteiger partial charge in [-0.25, -0.2) is 0 Å². The lowest BCUT2D eigenvalue weighted by Gasteiger charge is -2.12. The van der Waals surface area contributed by atoms with Gasteiger partial charge in [-0.15, -0.1) is 0 Å². The van der Waals surface area contributed by atoms with E-state index in [0.717, 1.165) is 23.7 Å². The Morgan fingerprint density at radius 1 is 1.56 bits per heavy atom. The van der Waals surface area contributed by atoms with Gasteiger partial charge >= 0.3 is 0 Å². The molecule has 1 aliphatic rings. The molecule has 0 aromatic heterocycles. The van der Waals surface area contributed by atoms with Gasteiger partial charge in [-0.05, 0) is 48.5 Å². The maximum Gasteiger partial charge on any atom is 0.101 e. The molecular formula is C13H16N2S. The molecule has 0 spiro atoms. The highest BCUT2D eigenvalue weighted by molar-refractivity contribution is 7.99. The van der Waals surface area contributed by atoms with Crippen molar-refractivity contribution in [2.45, 2.75) is 13.3 Å². The van der Waals surface area contributed by atoms with E-state index in [4.69, 9.17) is 5.26 Å². The Hall–Kier alpha value is -1.14. The second kappa shape index (κ2) is 5.27.